The van der Waals surface area contributed by atoms with Crippen molar-refractivity contribution in [3.63, 3.8) is 0 Å². The second kappa shape index (κ2) is 7.90. The van der Waals surface area contributed by atoms with Gasteiger partial charge < -0.3 is 17.0 Å². The van der Waals surface area contributed by atoms with E-state index in [-0.39, 0.29) is 17.0 Å². The first-order valence-electron chi connectivity index (χ1n) is 7.00. The molecular formula is C15H25BrN2. The molecule has 0 saturated carbocycles. The van der Waals surface area contributed by atoms with Crippen molar-refractivity contribution >= 4 is 0 Å². The highest BCUT2D eigenvalue weighted by Crippen LogP contribution is 2.29. The maximum Gasteiger partial charge on any atom is 0.173 e. The molecule has 1 aliphatic rings. The minimum Gasteiger partial charge on any atom is -1.00 e. The van der Waals surface area contributed by atoms with Crippen LogP contribution in [0.2, 0.25) is 0 Å². The first-order valence-corrected chi connectivity index (χ1v) is 7.00. The lowest BCUT2D eigenvalue weighted by atomic mass is 10.1. The molecule has 1 saturated heterocycles. The Hall–Kier alpha value is -0.410. The zero-order valence-electron chi connectivity index (χ0n) is 11.6. The Balaban J connectivity index is 0.00000162. The molecule has 1 aliphatic heterocycles. The number of nitrogens with zero attached hydrogens (tertiary/aromatic N) is 2. The molecule has 0 radical (unpaired) electrons. The Bertz CT molecular complexity index is 354. The van der Waals surface area contributed by atoms with Crippen LogP contribution in [0.25, 0.3) is 0 Å². The van der Waals surface area contributed by atoms with Crippen LogP contribution in [0.5, 0.6) is 0 Å². The van der Waals surface area contributed by atoms with E-state index in [1.54, 1.807) is 0 Å². The van der Waals surface area contributed by atoms with Crippen LogP contribution in [0, 0.1) is 0 Å². The molecule has 0 amide bonds. The van der Waals surface area contributed by atoms with E-state index in [4.69, 9.17) is 0 Å². The summed E-state index contributed by atoms with van der Waals surface area (Å²) in [4.78, 5) is 2.48. The third-order valence-corrected chi connectivity index (χ3v) is 3.81. The van der Waals surface area contributed by atoms with Gasteiger partial charge in [-0.3, -0.25) is 4.90 Å². The number of aromatic nitrogens is 1. The summed E-state index contributed by atoms with van der Waals surface area (Å²) in [5.41, 5.74) is 1.49. The monoisotopic (exact) mass is 312 g/mol. The van der Waals surface area contributed by atoms with E-state index in [1.807, 2.05) is 0 Å². The Morgan fingerprint density at radius 3 is 2.89 bits per heavy atom. The van der Waals surface area contributed by atoms with E-state index in [0.29, 0.717) is 6.04 Å². The van der Waals surface area contributed by atoms with Gasteiger partial charge in [-0.15, -0.1) is 0 Å². The van der Waals surface area contributed by atoms with Gasteiger partial charge in [-0.25, -0.2) is 4.57 Å². The molecule has 2 nitrogen and oxygen atoms in total. The lowest BCUT2D eigenvalue weighted by molar-refractivity contribution is -0.697. The molecule has 1 fully saturated rings. The fourth-order valence-electron chi connectivity index (χ4n) is 2.75. The molecule has 18 heavy (non-hydrogen) atoms. The third kappa shape index (κ3) is 4.06. The van der Waals surface area contributed by atoms with E-state index in [1.165, 1.54) is 44.2 Å². The van der Waals surface area contributed by atoms with Crippen LogP contribution in [0.4, 0.5) is 0 Å². The van der Waals surface area contributed by atoms with Crippen LogP contribution in [-0.2, 0) is 6.54 Å². The van der Waals surface area contributed by atoms with Crippen LogP contribution in [0.15, 0.2) is 24.5 Å². The highest BCUT2D eigenvalue weighted by Gasteiger charge is 2.24. The van der Waals surface area contributed by atoms with Crippen LogP contribution in [0.1, 0.15) is 50.6 Å². The summed E-state index contributed by atoms with van der Waals surface area (Å²) >= 11 is 0. The van der Waals surface area contributed by atoms with Crippen molar-refractivity contribution in [3.8, 4) is 0 Å². The molecular weight excluding hydrogens is 288 g/mol. The van der Waals surface area contributed by atoms with Gasteiger partial charge in [0.2, 0.25) is 0 Å². The number of unbranched alkanes of at least 4 members (excludes halogenated alkanes) is 2. The number of hydrogen-bond donors (Lipinski definition) is 0. The molecule has 0 bridgehead atoms. The largest absolute Gasteiger partial charge is 1.00 e. The molecule has 3 heteroatoms. The van der Waals surface area contributed by atoms with Gasteiger partial charge in [0.25, 0.3) is 0 Å². The van der Waals surface area contributed by atoms with Crippen LogP contribution in [-0.4, -0.2) is 18.5 Å². The Morgan fingerprint density at radius 2 is 2.22 bits per heavy atom. The molecule has 102 valence electrons. The maximum atomic E-state index is 2.48. The highest BCUT2D eigenvalue weighted by molar-refractivity contribution is 5.12. The summed E-state index contributed by atoms with van der Waals surface area (Å²) in [6, 6.07) is 5.13. The van der Waals surface area contributed by atoms with Gasteiger partial charge in [-0.1, -0.05) is 13.3 Å². The number of hydrogen-bond acceptors (Lipinski definition) is 1. The maximum absolute atomic E-state index is 2.48. The minimum atomic E-state index is 0. The van der Waals surface area contributed by atoms with E-state index in [2.05, 4.69) is 48.0 Å². The molecule has 2 rings (SSSR count). The Labute approximate surface area is 122 Å². The predicted molar refractivity (Wildman–Crippen MR) is 70.8 cm³/mol. The van der Waals surface area contributed by atoms with E-state index >= 15 is 0 Å². The van der Waals surface area contributed by atoms with Gasteiger partial charge in [0.1, 0.15) is 6.54 Å². The van der Waals surface area contributed by atoms with E-state index in [9.17, 15) is 0 Å². The van der Waals surface area contributed by atoms with Gasteiger partial charge in [0.05, 0.1) is 0 Å². The summed E-state index contributed by atoms with van der Waals surface area (Å²) < 4.78 is 2.36. The number of halogens is 1. The Morgan fingerprint density at radius 1 is 1.39 bits per heavy atom. The molecule has 1 atom stereocenters. The number of rotatable bonds is 5. The zero-order valence-corrected chi connectivity index (χ0v) is 13.2. The molecule has 0 aliphatic carbocycles. The van der Waals surface area contributed by atoms with Gasteiger partial charge >= 0.3 is 0 Å². The van der Waals surface area contributed by atoms with Gasteiger partial charge in [0, 0.05) is 24.1 Å². The lowest BCUT2D eigenvalue weighted by Crippen LogP contribution is -3.00. The summed E-state index contributed by atoms with van der Waals surface area (Å²) in [6.07, 6.45) is 11.1. The lowest BCUT2D eigenvalue weighted by Gasteiger charge is -2.18. The average Bonchev–Trinajstić information content (AvgIpc) is 2.76. The van der Waals surface area contributed by atoms with E-state index < -0.39 is 0 Å². The summed E-state index contributed by atoms with van der Waals surface area (Å²) in [6.45, 7) is 4.67. The molecule has 1 aromatic rings. The van der Waals surface area contributed by atoms with Gasteiger partial charge in [0.15, 0.2) is 12.4 Å². The SMILES string of the molecule is CCCCC[n+]1cccc([C@@H]2CCCN2C)c1.[Br-]. The first-order chi connectivity index (χ1) is 8.31. The normalized spacial score (nSPS) is 19.8. The van der Waals surface area contributed by atoms with Crippen molar-refractivity contribution in [1.82, 2.24) is 4.90 Å². The number of likely N-dealkylation sites (tertiary alicyclic amines) is 1. The third-order valence-electron chi connectivity index (χ3n) is 3.81. The summed E-state index contributed by atoms with van der Waals surface area (Å²) in [7, 11) is 2.24. The summed E-state index contributed by atoms with van der Waals surface area (Å²) in [5.74, 6) is 0. The molecule has 0 aromatic carbocycles. The topological polar surface area (TPSA) is 7.12 Å². The second-order valence-electron chi connectivity index (χ2n) is 5.22. The smallest absolute Gasteiger partial charge is 0.173 e. The van der Waals surface area contributed by atoms with Crippen LogP contribution < -0.4 is 21.5 Å². The number of aryl methyl sites for hydroxylation is 1. The average molecular weight is 313 g/mol. The van der Waals surface area contributed by atoms with Crippen molar-refractivity contribution in [3.05, 3.63) is 30.1 Å². The van der Waals surface area contributed by atoms with E-state index in [0.717, 1.165) is 6.54 Å². The van der Waals surface area contributed by atoms with Gasteiger partial charge in [-0.2, -0.15) is 0 Å². The van der Waals surface area contributed by atoms with Crippen LogP contribution in [0.3, 0.4) is 0 Å². The first kappa shape index (κ1) is 15.6. The van der Waals surface area contributed by atoms with Crippen molar-refractivity contribution in [2.24, 2.45) is 0 Å². The van der Waals surface area contributed by atoms with Crippen molar-refractivity contribution < 1.29 is 21.5 Å². The molecule has 0 spiro atoms. The van der Waals surface area contributed by atoms with Gasteiger partial charge in [-0.05, 0) is 38.9 Å². The predicted octanol–water partition coefficient (Wildman–Crippen LogP) is -0.0650. The molecule has 2 heterocycles. The Kier molecular flexibility index (Phi) is 6.87. The second-order valence-corrected chi connectivity index (χ2v) is 5.22. The fraction of sp³-hybridized carbons (Fsp3) is 0.667. The van der Waals surface area contributed by atoms with Crippen molar-refractivity contribution in [1.29, 1.82) is 0 Å². The standard InChI is InChI=1S/C15H25N2.BrH/c1-3-4-5-11-17-12-6-8-14(13-17)15-9-7-10-16(15)2;/h6,8,12-13,15H,3-5,7,9-11H2,1-2H3;1H/q+1;/p-1/t15-;/m0./s1. The minimum absolute atomic E-state index is 0. The highest BCUT2D eigenvalue weighted by atomic mass is 79.9. The fourth-order valence-corrected chi connectivity index (χ4v) is 2.75. The molecule has 0 unspecified atom stereocenters. The zero-order chi connectivity index (χ0) is 12.1. The quantitative estimate of drug-likeness (QED) is 0.545. The van der Waals surface area contributed by atoms with Crippen molar-refractivity contribution in [2.45, 2.75) is 51.6 Å². The summed E-state index contributed by atoms with van der Waals surface area (Å²) in [5, 5.41) is 0. The molecule has 1 aromatic heterocycles. The van der Waals surface area contributed by atoms with Crippen molar-refractivity contribution in [2.75, 3.05) is 13.6 Å². The molecule has 0 N–H and O–H groups in total. The number of pyridine rings is 1. The van der Waals surface area contributed by atoms with Crippen LogP contribution >= 0.6 is 0 Å².